The van der Waals surface area contributed by atoms with Gasteiger partial charge in [-0.1, -0.05) is 66.7 Å². The predicted octanol–water partition coefficient (Wildman–Crippen LogP) is 4.73. The molecule has 0 fully saturated rings. The Bertz CT molecular complexity index is 590. The van der Waals surface area contributed by atoms with E-state index in [0.29, 0.717) is 13.0 Å². The van der Waals surface area contributed by atoms with Gasteiger partial charge in [-0.15, -0.1) is 6.58 Å². The van der Waals surface area contributed by atoms with Crippen LogP contribution in [0.5, 0.6) is 0 Å². The highest BCUT2D eigenvalue weighted by molar-refractivity contribution is 5.79. The minimum Gasteiger partial charge on any atom is -0.368 e. The molecule has 0 saturated carbocycles. The average molecular weight is 294 g/mol. The molecule has 2 rings (SSSR count). The Morgan fingerprint density at radius 3 is 2.23 bits per heavy atom. The maximum absolute atomic E-state index is 12.0. The van der Waals surface area contributed by atoms with E-state index in [2.05, 4.69) is 6.58 Å². The molecule has 0 radical (unpaired) electrons. The molecule has 22 heavy (non-hydrogen) atoms. The Kier molecular flexibility index (Phi) is 6.11. The molecule has 0 heterocycles. The van der Waals surface area contributed by atoms with Crippen LogP contribution >= 0.6 is 0 Å². The van der Waals surface area contributed by atoms with Crippen molar-refractivity contribution in [2.24, 2.45) is 5.92 Å². The Morgan fingerprint density at radius 2 is 1.68 bits per heavy atom. The van der Waals surface area contributed by atoms with Crippen LogP contribution in [0.25, 0.3) is 0 Å². The molecule has 114 valence electrons. The number of Topliss-reactive ketones (excluding diaryl/α,β-unsaturated/α-hetero) is 1. The number of hydrogen-bond acceptors (Lipinski definition) is 2. The minimum atomic E-state index is -0.253. The number of carbonyl (C=O) groups excluding carboxylic acids is 1. The topological polar surface area (TPSA) is 26.3 Å². The second-order valence-electron chi connectivity index (χ2n) is 5.37. The molecular weight excluding hydrogens is 272 g/mol. The maximum Gasteiger partial charge on any atom is 0.136 e. The minimum absolute atomic E-state index is 0.127. The summed E-state index contributed by atoms with van der Waals surface area (Å²) >= 11 is 0. The van der Waals surface area contributed by atoms with Crippen molar-refractivity contribution in [1.82, 2.24) is 0 Å². The largest absolute Gasteiger partial charge is 0.368 e. The van der Waals surface area contributed by atoms with Gasteiger partial charge in [0.25, 0.3) is 0 Å². The standard InChI is InChI=1S/C20H22O2/c1-3-10-19(16(2)21)20(18-13-8-5-9-14-18)22-15-17-11-6-4-7-12-17/h3-9,11-14,19-20H,1,10,15H2,2H3/t19-,20-/m0/s1. The molecule has 2 heteroatoms. The summed E-state index contributed by atoms with van der Waals surface area (Å²) in [7, 11) is 0. The molecule has 0 aliphatic heterocycles. The van der Waals surface area contributed by atoms with Crippen LogP contribution < -0.4 is 0 Å². The van der Waals surface area contributed by atoms with Crippen molar-refractivity contribution >= 4 is 5.78 Å². The first-order chi connectivity index (χ1) is 10.7. The predicted molar refractivity (Wildman–Crippen MR) is 89.4 cm³/mol. The van der Waals surface area contributed by atoms with Gasteiger partial charge >= 0.3 is 0 Å². The molecular formula is C20H22O2. The lowest BCUT2D eigenvalue weighted by atomic mass is 9.89. The van der Waals surface area contributed by atoms with Gasteiger partial charge in [0, 0.05) is 0 Å². The number of allylic oxidation sites excluding steroid dienone is 1. The molecule has 0 bridgehead atoms. The summed E-state index contributed by atoms with van der Waals surface area (Å²) in [5, 5.41) is 0. The van der Waals surface area contributed by atoms with Gasteiger partial charge in [-0.2, -0.15) is 0 Å². The quantitative estimate of drug-likeness (QED) is 0.658. The van der Waals surface area contributed by atoms with Crippen LogP contribution in [-0.4, -0.2) is 5.78 Å². The van der Waals surface area contributed by atoms with Gasteiger partial charge in [-0.05, 0) is 24.5 Å². The van der Waals surface area contributed by atoms with Crippen LogP contribution in [0.2, 0.25) is 0 Å². The average Bonchev–Trinajstić information content (AvgIpc) is 2.56. The molecule has 2 atom stereocenters. The zero-order valence-corrected chi connectivity index (χ0v) is 12.9. The van der Waals surface area contributed by atoms with E-state index in [1.807, 2.05) is 60.7 Å². The van der Waals surface area contributed by atoms with Gasteiger partial charge in [0.2, 0.25) is 0 Å². The fraction of sp³-hybridized carbons (Fsp3) is 0.250. The van der Waals surface area contributed by atoms with Crippen LogP contribution in [0.4, 0.5) is 0 Å². The summed E-state index contributed by atoms with van der Waals surface area (Å²) in [5.74, 6) is -0.0783. The van der Waals surface area contributed by atoms with Crippen molar-refractivity contribution in [2.75, 3.05) is 0 Å². The van der Waals surface area contributed by atoms with E-state index in [1.165, 1.54) is 0 Å². The smallest absolute Gasteiger partial charge is 0.136 e. The SMILES string of the molecule is C=CC[C@@H](C(C)=O)[C@@H](OCc1ccccc1)c1ccccc1. The summed E-state index contributed by atoms with van der Waals surface area (Å²) in [4.78, 5) is 12.0. The van der Waals surface area contributed by atoms with Gasteiger partial charge in [0.1, 0.15) is 5.78 Å². The number of ether oxygens (including phenoxy) is 1. The third-order valence-electron chi connectivity index (χ3n) is 3.71. The van der Waals surface area contributed by atoms with Gasteiger partial charge in [-0.3, -0.25) is 4.79 Å². The van der Waals surface area contributed by atoms with E-state index >= 15 is 0 Å². The van der Waals surface area contributed by atoms with Crippen molar-refractivity contribution in [3.8, 4) is 0 Å². The van der Waals surface area contributed by atoms with E-state index in [-0.39, 0.29) is 17.8 Å². The van der Waals surface area contributed by atoms with Crippen molar-refractivity contribution in [3.63, 3.8) is 0 Å². The highest BCUT2D eigenvalue weighted by Gasteiger charge is 2.26. The van der Waals surface area contributed by atoms with Crippen molar-refractivity contribution in [1.29, 1.82) is 0 Å². The van der Waals surface area contributed by atoms with E-state index in [9.17, 15) is 4.79 Å². The summed E-state index contributed by atoms with van der Waals surface area (Å²) < 4.78 is 6.12. The first-order valence-corrected chi connectivity index (χ1v) is 7.54. The monoisotopic (exact) mass is 294 g/mol. The molecule has 2 aromatic carbocycles. The highest BCUT2D eigenvalue weighted by Crippen LogP contribution is 2.30. The number of hydrogen-bond donors (Lipinski definition) is 0. The Morgan fingerprint density at radius 1 is 1.09 bits per heavy atom. The molecule has 0 aliphatic carbocycles. The number of ketones is 1. The summed E-state index contributed by atoms with van der Waals surface area (Å²) in [6.07, 6.45) is 2.15. The first-order valence-electron chi connectivity index (χ1n) is 7.54. The second kappa shape index (κ2) is 8.30. The molecule has 2 aromatic rings. The fourth-order valence-electron chi connectivity index (χ4n) is 2.53. The molecule has 0 saturated heterocycles. The third kappa shape index (κ3) is 4.40. The summed E-state index contributed by atoms with van der Waals surface area (Å²) in [6.45, 7) is 5.88. The summed E-state index contributed by atoms with van der Waals surface area (Å²) in [6, 6.07) is 19.9. The normalized spacial score (nSPS) is 13.3. The van der Waals surface area contributed by atoms with Gasteiger partial charge < -0.3 is 4.74 Å². The van der Waals surface area contributed by atoms with E-state index in [4.69, 9.17) is 4.74 Å². The van der Waals surface area contributed by atoms with Gasteiger partial charge in [0.05, 0.1) is 18.6 Å². The summed E-state index contributed by atoms with van der Waals surface area (Å²) in [5.41, 5.74) is 2.13. The molecule has 0 N–H and O–H groups in total. The van der Waals surface area contributed by atoms with Crippen LogP contribution in [0, 0.1) is 5.92 Å². The molecule has 0 unspecified atom stereocenters. The van der Waals surface area contributed by atoms with Gasteiger partial charge in [-0.25, -0.2) is 0 Å². The van der Waals surface area contributed by atoms with Crippen molar-refractivity contribution < 1.29 is 9.53 Å². The molecule has 2 nitrogen and oxygen atoms in total. The molecule has 0 spiro atoms. The molecule has 0 amide bonds. The van der Waals surface area contributed by atoms with Gasteiger partial charge in [0.15, 0.2) is 0 Å². The van der Waals surface area contributed by atoms with Crippen LogP contribution in [-0.2, 0) is 16.1 Å². The molecule has 0 aliphatic rings. The lowest BCUT2D eigenvalue weighted by Gasteiger charge is -2.25. The van der Waals surface area contributed by atoms with E-state index < -0.39 is 0 Å². The highest BCUT2D eigenvalue weighted by atomic mass is 16.5. The second-order valence-corrected chi connectivity index (χ2v) is 5.37. The number of carbonyl (C=O) groups is 1. The lowest BCUT2D eigenvalue weighted by molar-refractivity contribution is -0.126. The van der Waals surface area contributed by atoms with E-state index in [0.717, 1.165) is 11.1 Å². The Balaban J connectivity index is 2.21. The van der Waals surface area contributed by atoms with Crippen LogP contribution in [0.1, 0.15) is 30.6 Å². The zero-order valence-electron chi connectivity index (χ0n) is 12.9. The third-order valence-corrected chi connectivity index (χ3v) is 3.71. The van der Waals surface area contributed by atoms with Crippen LogP contribution in [0.3, 0.4) is 0 Å². The zero-order chi connectivity index (χ0) is 15.8. The fourth-order valence-corrected chi connectivity index (χ4v) is 2.53. The lowest BCUT2D eigenvalue weighted by Crippen LogP contribution is -2.22. The van der Waals surface area contributed by atoms with E-state index in [1.54, 1.807) is 13.0 Å². The first kappa shape index (κ1) is 16.2. The Labute approximate surface area is 132 Å². The molecule has 0 aromatic heterocycles. The maximum atomic E-state index is 12.0. The van der Waals surface area contributed by atoms with Crippen molar-refractivity contribution in [2.45, 2.75) is 26.1 Å². The Hall–Kier alpha value is -2.19. The van der Waals surface area contributed by atoms with Crippen LogP contribution in [0.15, 0.2) is 73.3 Å². The number of benzene rings is 2. The number of rotatable bonds is 8. The van der Waals surface area contributed by atoms with Crippen molar-refractivity contribution in [3.05, 3.63) is 84.4 Å².